The van der Waals surface area contributed by atoms with E-state index >= 15 is 0 Å². The summed E-state index contributed by atoms with van der Waals surface area (Å²) in [6, 6.07) is 5.65. The second kappa shape index (κ2) is 10.7. The summed E-state index contributed by atoms with van der Waals surface area (Å²) in [7, 11) is 0. The third-order valence-corrected chi connectivity index (χ3v) is 6.52. The minimum absolute atomic E-state index is 0.0543. The van der Waals surface area contributed by atoms with Gasteiger partial charge in [-0.25, -0.2) is 4.39 Å². The molecular formula is C24H32FNO3. The number of hydrogen-bond acceptors (Lipinski definition) is 4. The van der Waals surface area contributed by atoms with E-state index in [9.17, 15) is 9.18 Å². The number of carbonyl (C=O) groups is 1. The first-order valence-electron chi connectivity index (χ1n) is 11.1. The molecule has 0 aromatic heterocycles. The third kappa shape index (κ3) is 6.27. The maximum absolute atomic E-state index is 13.7. The van der Waals surface area contributed by atoms with Crippen molar-refractivity contribution in [1.29, 1.82) is 5.26 Å². The summed E-state index contributed by atoms with van der Waals surface area (Å²) in [4.78, 5) is 12.4. The molecule has 0 spiro atoms. The van der Waals surface area contributed by atoms with Gasteiger partial charge in [0.25, 0.3) is 0 Å². The van der Waals surface area contributed by atoms with E-state index in [0.29, 0.717) is 5.92 Å². The predicted octanol–water partition coefficient (Wildman–Crippen LogP) is 5.78. The standard InChI is InChI=1S/C24H32FNO3/c1-2-3-17-4-6-18(7-5-17)16-28-21-11-8-19(9-12-21)24(27)29-22-13-10-20(15-26)23(25)14-22/h10,13-14,17-19,21H,2-9,11-12,16H2,1H3. The van der Waals surface area contributed by atoms with Gasteiger partial charge < -0.3 is 9.47 Å². The summed E-state index contributed by atoms with van der Waals surface area (Å²) >= 11 is 0. The minimum Gasteiger partial charge on any atom is -0.426 e. The largest absolute Gasteiger partial charge is 0.426 e. The number of rotatable bonds is 7. The molecule has 1 aromatic carbocycles. The number of nitrogens with zero attached hydrogens (tertiary/aromatic N) is 1. The molecule has 3 rings (SSSR count). The molecule has 2 aliphatic carbocycles. The molecule has 0 saturated heterocycles. The Kier molecular flexibility index (Phi) is 8.06. The Morgan fingerprint density at radius 3 is 2.41 bits per heavy atom. The number of benzene rings is 1. The number of halogens is 1. The molecule has 1 aromatic rings. The Bertz CT molecular complexity index is 713. The molecule has 0 aliphatic heterocycles. The highest BCUT2D eigenvalue weighted by molar-refractivity contribution is 5.75. The maximum Gasteiger partial charge on any atom is 0.314 e. The van der Waals surface area contributed by atoms with Gasteiger partial charge in [0.05, 0.1) is 17.6 Å². The van der Waals surface area contributed by atoms with E-state index in [1.54, 1.807) is 6.07 Å². The lowest BCUT2D eigenvalue weighted by Gasteiger charge is -2.31. The van der Waals surface area contributed by atoms with Gasteiger partial charge in [-0.05, 0) is 62.5 Å². The van der Waals surface area contributed by atoms with Crippen molar-refractivity contribution >= 4 is 5.97 Å². The van der Waals surface area contributed by atoms with Gasteiger partial charge in [0.2, 0.25) is 0 Å². The van der Waals surface area contributed by atoms with Crippen LogP contribution in [0.15, 0.2) is 18.2 Å². The Hall–Kier alpha value is -1.93. The second-order valence-electron chi connectivity index (χ2n) is 8.66. The number of esters is 1. The van der Waals surface area contributed by atoms with Crippen LogP contribution in [0.25, 0.3) is 0 Å². The Labute approximate surface area is 173 Å². The molecule has 0 heterocycles. The fraction of sp³-hybridized carbons (Fsp3) is 0.667. The molecule has 0 N–H and O–H groups in total. The highest BCUT2D eigenvalue weighted by atomic mass is 19.1. The zero-order valence-corrected chi connectivity index (χ0v) is 17.4. The minimum atomic E-state index is -0.668. The normalized spacial score (nSPS) is 27.2. The molecule has 2 saturated carbocycles. The first-order valence-corrected chi connectivity index (χ1v) is 11.1. The molecule has 2 aliphatic rings. The molecule has 0 atom stereocenters. The van der Waals surface area contributed by atoms with Gasteiger partial charge in [-0.3, -0.25) is 4.79 Å². The molecule has 2 fully saturated rings. The maximum atomic E-state index is 13.7. The zero-order valence-electron chi connectivity index (χ0n) is 17.4. The van der Waals surface area contributed by atoms with Crippen LogP contribution in [0.2, 0.25) is 0 Å². The molecule has 4 nitrogen and oxygen atoms in total. The van der Waals surface area contributed by atoms with E-state index in [-0.39, 0.29) is 29.3 Å². The van der Waals surface area contributed by atoms with Crippen LogP contribution in [0, 0.1) is 34.9 Å². The van der Waals surface area contributed by atoms with Crippen LogP contribution in [0.4, 0.5) is 4.39 Å². The van der Waals surface area contributed by atoms with Gasteiger partial charge in [0.1, 0.15) is 17.6 Å². The van der Waals surface area contributed by atoms with Crippen molar-refractivity contribution < 1.29 is 18.7 Å². The first kappa shape index (κ1) is 21.8. The third-order valence-electron chi connectivity index (χ3n) is 6.52. The van der Waals surface area contributed by atoms with E-state index in [4.69, 9.17) is 14.7 Å². The average Bonchev–Trinajstić information content (AvgIpc) is 2.74. The lowest BCUT2D eigenvalue weighted by atomic mass is 9.80. The lowest BCUT2D eigenvalue weighted by molar-refractivity contribution is -0.141. The molecule has 0 radical (unpaired) electrons. The van der Waals surface area contributed by atoms with Crippen molar-refractivity contribution in [1.82, 2.24) is 0 Å². The number of carbonyl (C=O) groups excluding carboxylic acids is 1. The molecule has 0 unspecified atom stereocenters. The predicted molar refractivity (Wildman–Crippen MR) is 109 cm³/mol. The fourth-order valence-electron chi connectivity index (χ4n) is 4.68. The summed E-state index contributed by atoms with van der Waals surface area (Å²) in [6.45, 7) is 3.12. The van der Waals surface area contributed by atoms with E-state index in [1.807, 2.05) is 0 Å². The molecule has 29 heavy (non-hydrogen) atoms. The van der Waals surface area contributed by atoms with Crippen LogP contribution in [0.1, 0.15) is 76.7 Å². The van der Waals surface area contributed by atoms with Crippen molar-refractivity contribution in [3.8, 4) is 11.8 Å². The Balaban J connectivity index is 1.36. The number of hydrogen-bond donors (Lipinski definition) is 0. The van der Waals surface area contributed by atoms with Crippen LogP contribution in [0.5, 0.6) is 5.75 Å². The van der Waals surface area contributed by atoms with Crippen LogP contribution < -0.4 is 4.74 Å². The van der Waals surface area contributed by atoms with E-state index in [1.165, 1.54) is 50.7 Å². The summed E-state index contributed by atoms with van der Waals surface area (Å²) in [5, 5.41) is 8.77. The van der Waals surface area contributed by atoms with Crippen molar-refractivity contribution in [3.05, 3.63) is 29.6 Å². The van der Waals surface area contributed by atoms with Gasteiger partial charge >= 0.3 is 5.97 Å². The average molecular weight is 402 g/mol. The Morgan fingerprint density at radius 2 is 1.79 bits per heavy atom. The van der Waals surface area contributed by atoms with Gasteiger partial charge in [-0.15, -0.1) is 0 Å². The SMILES string of the molecule is CCCC1CCC(COC2CCC(C(=O)Oc3ccc(C#N)c(F)c3)CC2)CC1. The Morgan fingerprint density at radius 1 is 1.10 bits per heavy atom. The van der Waals surface area contributed by atoms with Crippen LogP contribution in [-0.4, -0.2) is 18.7 Å². The quantitative estimate of drug-likeness (QED) is 0.429. The first-order chi connectivity index (χ1) is 14.1. The van der Waals surface area contributed by atoms with Gasteiger partial charge in [0.15, 0.2) is 0 Å². The van der Waals surface area contributed by atoms with Crippen LogP contribution >= 0.6 is 0 Å². The fourth-order valence-corrected chi connectivity index (χ4v) is 4.68. The summed E-state index contributed by atoms with van der Waals surface area (Å²) in [5.41, 5.74) is -0.0543. The van der Waals surface area contributed by atoms with Crippen LogP contribution in [-0.2, 0) is 9.53 Å². The van der Waals surface area contributed by atoms with Crippen molar-refractivity contribution in [2.75, 3.05) is 6.61 Å². The van der Waals surface area contributed by atoms with Gasteiger partial charge in [-0.1, -0.05) is 32.6 Å². The van der Waals surface area contributed by atoms with Gasteiger partial charge in [0, 0.05) is 12.7 Å². The molecule has 5 heteroatoms. The summed E-state index contributed by atoms with van der Waals surface area (Å²) < 4.78 is 25.2. The van der Waals surface area contributed by atoms with E-state index in [0.717, 1.165) is 44.3 Å². The molecule has 0 bridgehead atoms. The topological polar surface area (TPSA) is 59.3 Å². The highest BCUT2D eigenvalue weighted by Gasteiger charge is 2.29. The van der Waals surface area contributed by atoms with Crippen molar-refractivity contribution in [2.24, 2.45) is 17.8 Å². The smallest absolute Gasteiger partial charge is 0.314 e. The van der Waals surface area contributed by atoms with Gasteiger partial charge in [-0.2, -0.15) is 5.26 Å². The molecular weight excluding hydrogens is 369 g/mol. The number of nitriles is 1. The van der Waals surface area contributed by atoms with E-state index < -0.39 is 5.82 Å². The zero-order chi connectivity index (χ0) is 20.6. The molecule has 158 valence electrons. The molecule has 0 amide bonds. The summed E-state index contributed by atoms with van der Waals surface area (Å²) in [5.74, 6) is 0.612. The second-order valence-corrected chi connectivity index (χ2v) is 8.66. The monoisotopic (exact) mass is 401 g/mol. The van der Waals surface area contributed by atoms with Crippen molar-refractivity contribution in [3.63, 3.8) is 0 Å². The van der Waals surface area contributed by atoms with Crippen LogP contribution in [0.3, 0.4) is 0 Å². The highest BCUT2D eigenvalue weighted by Crippen LogP contribution is 2.33. The summed E-state index contributed by atoms with van der Waals surface area (Å²) in [6.07, 6.45) is 11.4. The number of ether oxygens (including phenoxy) is 2. The lowest BCUT2D eigenvalue weighted by Crippen LogP contribution is -2.30. The van der Waals surface area contributed by atoms with Crippen molar-refractivity contribution in [2.45, 2.75) is 77.2 Å². The van der Waals surface area contributed by atoms with E-state index in [2.05, 4.69) is 6.92 Å².